The van der Waals surface area contributed by atoms with Crippen molar-refractivity contribution in [1.82, 2.24) is 0 Å². The monoisotopic (exact) mass is 302 g/mol. The average Bonchev–Trinajstić information content (AvgIpc) is 2.59. The maximum atomic E-state index is 12.2. The van der Waals surface area contributed by atoms with E-state index in [0.717, 1.165) is 11.3 Å². The van der Waals surface area contributed by atoms with Crippen LogP contribution in [0.15, 0.2) is 42.5 Å². The molecule has 0 saturated heterocycles. The van der Waals surface area contributed by atoms with Gasteiger partial charge in [-0.2, -0.15) is 0 Å². The lowest BCUT2D eigenvalue weighted by atomic mass is 10.2. The van der Waals surface area contributed by atoms with Gasteiger partial charge in [0, 0.05) is 0 Å². The molecule has 5 nitrogen and oxygen atoms in total. The SMILES string of the molecule is COc1ccc(COC(=O)c2cc(OC)ccc2OC)cc1. The summed E-state index contributed by atoms with van der Waals surface area (Å²) in [7, 11) is 4.64. The number of methoxy groups -OCH3 is 3. The molecule has 0 aliphatic heterocycles. The molecule has 0 atom stereocenters. The van der Waals surface area contributed by atoms with Crippen LogP contribution in [0.2, 0.25) is 0 Å². The van der Waals surface area contributed by atoms with Gasteiger partial charge in [-0.25, -0.2) is 4.79 Å². The maximum Gasteiger partial charge on any atom is 0.342 e. The molecule has 0 aliphatic carbocycles. The van der Waals surface area contributed by atoms with Crippen molar-refractivity contribution in [3.05, 3.63) is 53.6 Å². The van der Waals surface area contributed by atoms with Crippen molar-refractivity contribution in [2.24, 2.45) is 0 Å². The third kappa shape index (κ3) is 3.69. The van der Waals surface area contributed by atoms with E-state index in [9.17, 15) is 4.79 Å². The molecule has 0 heterocycles. The van der Waals surface area contributed by atoms with Crippen LogP contribution in [0.3, 0.4) is 0 Å². The lowest BCUT2D eigenvalue weighted by Gasteiger charge is -2.10. The number of hydrogen-bond acceptors (Lipinski definition) is 5. The number of rotatable bonds is 6. The zero-order valence-corrected chi connectivity index (χ0v) is 12.8. The third-order valence-corrected chi connectivity index (χ3v) is 3.16. The van der Waals surface area contributed by atoms with Crippen molar-refractivity contribution in [2.75, 3.05) is 21.3 Å². The highest BCUT2D eigenvalue weighted by atomic mass is 16.5. The van der Waals surface area contributed by atoms with Gasteiger partial charge in [0.25, 0.3) is 0 Å². The van der Waals surface area contributed by atoms with Gasteiger partial charge >= 0.3 is 5.97 Å². The van der Waals surface area contributed by atoms with Crippen molar-refractivity contribution in [2.45, 2.75) is 6.61 Å². The summed E-state index contributed by atoms with van der Waals surface area (Å²) in [6.45, 7) is 0.170. The number of esters is 1. The number of carbonyl (C=O) groups is 1. The second-order valence-corrected chi connectivity index (χ2v) is 4.49. The molecule has 0 radical (unpaired) electrons. The molecule has 0 aliphatic rings. The molecule has 0 unspecified atom stereocenters. The van der Waals surface area contributed by atoms with E-state index in [2.05, 4.69) is 0 Å². The van der Waals surface area contributed by atoms with Gasteiger partial charge in [-0.1, -0.05) is 12.1 Å². The van der Waals surface area contributed by atoms with Gasteiger partial charge in [0.1, 0.15) is 29.4 Å². The van der Waals surface area contributed by atoms with E-state index >= 15 is 0 Å². The summed E-state index contributed by atoms with van der Waals surface area (Å²) >= 11 is 0. The fourth-order valence-electron chi connectivity index (χ4n) is 1.92. The van der Waals surface area contributed by atoms with Crippen molar-refractivity contribution in [3.63, 3.8) is 0 Å². The highest BCUT2D eigenvalue weighted by Crippen LogP contribution is 2.25. The van der Waals surface area contributed by atoms with Gasteiger partial charge in [-0.3, -0.25) is 0 Å². The zero-order chi connectivity index (χ0) is 15.9. The van der Waals surface area contributed by atoms with Crippen LogP contribution in [-0.4, -0.2) is 27.3 Å². The van der Waals surface area contributed by atoms with Crippen LogP contribution in [0.4, 0.5) is 0 Å². The summed E-state index contributed by atoms with van der Waals surface area (Å²) in [6.07, 6.45) is 0. The Morgan fingerprint density at radius 1 is 0.864 bits per heavy atom. The second-order valence-electron chi connectivity index (χ2n) is 4.49. The topological polar surface area (TPSA) is 54.0 Å². The number of benzene rings is 2. The minimum Gasteiger partial charge on any atom is -0.497 e. The highest BCUT2D eigenvalue weighted by Gasteiger charge is 2.15. The van der Waals surface area contributed by atoms with Gasteiger partial charge in [-0.15, -0.1) is 0 Å². The van der Waals surface area contributed by atoms with Crippen LogP contribution in [-0.2, 0) is 11.3 Å². The molecular formula is C17H18O5. The largest absolute Gasteiger partial charge is 0.497 e. The average molecular weight is 302 g/mol. The quantitative estimate of drug-likeness (QED) is 0.768. The molecular weight excluding hydrogens is 284 g/mol. The van der Waals surface area contributed by atoms with E-state index < -0.39 is 5.97 Å². The van der Waals surface area contributed by atoms with E-state index in [-0.39, 0.29) is 6.61 Å². The van der Waals surface area contributed by atoms with Crippen LogP contribution in [0.5, 0.6) is 17.2 Å². The first-order chi connectivity index (χ1) is 10.7. The molecule has 5 heteroatoms. The van der Waals surface area contributed by atoms with E-state index in [1.807, 2.05) is 24.3 Å². The summed E-state index contributed by atoms with van der Waals surface area (Å²) in [5, 5.41) is 0. The van der Waals surface area contributed by atoms with Gasteiger partial charge < -0.3 is 18.9 Å². The van der Waals surface area contributed by atoms with Crippen LogP contribution < -0.4 is 14.2 Å². The predicted molar refractivity (Wildman–Crippen MR) is 81.7 cm³/mol. The summed E-state index contributed by atoms with van der Waals surface area (Å²) in [5.41, 5.74) is 1.20. The molecule has 0 N–H and O–H groups in total. The standard InChI is InChI=1S/C17H18O5/c1-19-13-6-4-12(5-7-13)11-22-17(18)15-10-14(20-2)8-9-16(15)21-3/h4-10H,11H2,1-3H3. The third-order valence-electron chi connectivity index (χ3n) is 3.16. The van der Waals surface area contributed by atoms with Crippen LogP contribution in [0.1, 0.15) is 15.9 Å². The molecule has 2 aromatic rings. The van der Waals surface area contributed by atoms with Crippen molar-refractivity contribution >= 4 is 5.97 Å². The Balaban J connectivity index is 2.08. The Kier molecular flexibility index (Phi) is 5.25. The van der Waals surface area contributed by atoms with Crippen molar-refractivity contribution in [1.29, 1.82) is 0 Å². The van der Waals surface area contributed by atoms with Crippen LogP contribution in [0, 0.1) is 0 Å². The first-order valence-corrected chi connectivity index (χ1v) is 6.70. The predicted octanol–water partition coefficient (Wildman–Crippen LogP) is 3.07. The zero-order valence-electron chi connectivity index (χ0n) is 12.8. The molecule has 2 rings (SSSR count). The lowest BCUT2D eigenvalue weighted by molar-refractivity contribution is 0.0468. The fraction of sp³-hybridized carbons (Fsp3) is 0.235. The minimum atomic E-state index is -0.466. The Morgan fingerprint density at radius 2 is 1.50 bits per heavy atom. The molecule has 2 aromatic carbocycles. The maximum absolute atomic E-state index is 12.2. The number of ether oxygens (including phenoxy) is 4. The Labute approximate surface area is 129 Å². The molecule has 0 amide bonds. The Morgan fingerprint density at radius 3 is 2.09 bits per heavy atom. The van der Waals surface area contributed by atoms with Crippen molar-refractivity contribution in [3.8, 4) is 17.2 Å². The van der Waals surface area contributed by atoms with Gasteiger partial charge in [0.15, 0.2) is 0 Å². The lowest BCUT2D eigenvalue weighted by Crippen LogP contribution is -2.07. The number of carbonyl (C=O) groups excluding carboxylic acids is 1. The number of hydrogen-bond donors (Lipinski definition) is 0. The molecule has 22 heavy (non-hydrogen) atoms. The van der Waals surface area contributed by atoms with Crippen molar-refractivity contribution < 1.29 is 23.7 Å². The van der Waals surface area contributed by atoms with Gasteiger partial charge in [0.05, 0.1) is 21.3 Å². The van der Waals surface area contributed by atoms with E-state index in [0.29, 0.717) is 17.1 Å². The van der Waals surface area contributed by atoms with Crippen LogP contribution in [0.25, 0.3) is 0 Å². The first-order valence-electron chi connectivity index (χ1n) is 6.70. The second kappa shape index (κ2) is 7.36. The smallest absolute Gasteiger partial charge is 0.342 e. The molecule has 0 bridgehead atoms. The summed E-state index contributed by atoms with van der Waals surface area (Å²) in [5.74, 6) is 1.30. The van der Waals surface area contributed by atoms with Gasteiger partial charge in [-0.05, 0) is 35.9 Å². The van der Waals surface area contributed by atoms with E-state index in [1.165, 1.54) is 14.2 Å². The fourth-order valence-corrected chi connectivity index (χ4v) is 1.92. The van der Waals surface area contributed by atoms with Gasteiger partial charge in [0.2, 0.25) is 0 Å². The first kappa shape index (κ1) is 15.7. The van der Waals surface area contributed by atoms with E-state index in [1.54, 1.807) is 25.3 Å². The molecule has 116 valence electrons. The Bertz CT molecular complexity index is 634. The Hall–Kier alpha value is -2.69. The molecule has 0 fully saturated rings. The van der Waals surface area contributed by atoms with Crippen LogP contribution >= 0.6 is 0 Å². The molecule has 0 saturated carbocycles. The minimum absolute atomic E-state index is 0.170. The summed E-state index contributed by atoms with van der Waals surface area (Å²) in [4.78, 5) is 12.2. The summed E-state index contributed by atoms with van der Waals surface area (Å²) < 4.78 is 20.7. The summed E-state index contributed by atoms with van der Waals surface area (Å²) in [6, 6.07) is 12.3. The molecule has 0 aromatic heterocycles. The molecule has 0 spiro atoms. The highest BCUT2D eigenvalue weighted by molar-refractivity contribution is 5.93. The van der Waals surface area contributed by atoms with E-state index in [4.69, 9.17) is 18.9 Å². The normalized spacial score (nSPS) is 9.95.